The van der Waals surface area contributed by atoms with Crippen molar-refractivity contribution in [1.29, 1.82) is 0 Å². The van der Waals surface area contributed by atoms with Crippen molar-refractivity contribution in [2.45, 2.75) is 6.54 Å². The molecule has 25 heavy (non-hydrogen) atoms. The summed E-state index contributed by atoms with van der Waals surface area (Å²) in [5, 5.41) is 23.8. The van der Waals surface area contributed by atoms with Crippen LogP contribution in [0, 0.1) is 0 Å². The van der Waals surface area contributed by atoms with Crippen LogP contribution in [0.25, 0.3) is 21.9 Å². The molecule has 0 radical (unpaired) electrons. The minimum atomic E-state index is -0.0169. The fourth-order valence-electron chi connectivity index (χ4n) is 3.73. The van der Waals surface area contributed by atoms with Gasteiger partial charge in [0.15, 0.2) is 11.5 Å². The highest BCUT2D eigenvalue weighted by atomic mass is 16.5. The topological polar surface area (TPSA) is 62.2 Å². The lowest BCUT2D eigenvalue weighted by Crippen LogP contribution is -2.22. The number of nitrogens with zero attached hydrogens (tertiary/aromatic N) is 1. The molecule has 3 aromatic carbocycles. The average molecular weight is 337 g/mol. The summed E-state index contributed by atoms with van der Waals surface area (Å²) < 4.78 is 10.5. The van der Waals surface area contributed by atoms with Crippen molar-refractivity contribution in [3.05, 3.63) is 42.0 Å². The van der Waals surface area contributed by atoms with Gasteiger partial charge in [-0.1, -0.05) is 36.4 Å². The molecule has 1 aliphatic rings. The van der Waals surface area contributed by atoms with Gasteiger partial charge in [-0.25, -0.2) is 0 Å². The Hall–Kier alpha value is -3.08. The van der Waals surface area contributed by atoms with E-state index in [0.29, 0.717) is 17.7 Å². The zero-order valence-corrected chi connectivity index (χ0v) is 14.3. The zero-order valence-electron chi connectivity index (χ0n) is 14.3. The minimum absolute atomic E-state index is 0.00203. The molecule has 5 heteroatoms. The Morgan fingerprint density at radius 1 is 0.920 bits per heavy atom. The lowest BCUT2D eigenvalue weighted by Gasteiger charge is -2.32. The molecule has 0 aliphatic carbocycles. The van der Waals surface area contributed by atoms with E-state index in [1.165, 1.54) is 14.2 Å². The maximum Gasteiger partial charge on any atom is 0.207 e. The molecule has 0 saturated carbocycles. The van der Waals surface area contributed by atoms with Gasteiger partial charge >= 0.3 is 0 Å². The van der Waals surface area contributed by atoms with E-state index in [1.807, 2.05) is 31.3 Å². The van der Waals surface area contributed by atoms with Gasteiger partial charge in [0.25, 0.3) is 0 Å². The Morgan fingerprint density at radius 3 is 2.32 bits per heavy atom. The van der Waals surface area contributed by atoms with Crippen LogP contribution in [-0.4, -0.2) is 31.5 Å². The van der Waals surface area contributed by atoms with Crippen molar-refractivity contribution >= 4 is 16.5 Å². The molecular formula is C20H19NO4. The van der Waals surface area contributed by atoms with Crippen LogP contribution in [0.15, 0.2) is 36.4 Å². The highest BCUT2D eigenvalue weighted by molar-refractivity contribution is 6.05. The molecule has 3 aromatic rings. The molecule has 2 N–H and O–H groups in total. The molecular weight excluding hydrogens is 318 g/mol. The molecule has 128 valence electrons. The maximum absolute atomic E-state index is 10.8. The second-order valence-electron chi connectivity index (χ2n) is 6.16. The summed E-state index contributed by atoms with van der Waals surface area (Å²) in [4.78, 5) is 2.07. The van der Waals surface area contributed by atoms with Gasteiger partial charge in [-0.3, -0.25) is 0 Å². The Balaban J connectivity index is 2.13. The number of anilines is 1. The molecule has 0 aromatic heterocycles. The van der Waals surface area contributed by atoms with Crippen molar-refractivity contribution in [2.24, 2.45) is 0 Å². The number of methoxy groups -OCH3 is 2. The third kappa shape index (κ3) is 2.02. The standard InChI is InChI=1S/C20H19NO4/c1-21-10-14-15(18(23)20(25-3)19(24-2)17(14)22)13-9-8-11-6-4-5-7-12(11)16(13)21/h4-9,22-23H,10H2,1-3H3. The summed E-state index contributed by atoms with van der Waals surface area (Å²) >= 11 is 0. The molecule has 1 aliphatic heterocycles. The van der Waals surface area contributed by atoms with Crippen molar-refractivity contribution in [1.82, 2.24) is 0 Å². The third-order valence-electron chi connectivity index (χ3n) is 4.82. The van der Waals surface area contributed by atoms with Crippen LogP contribution in [0.1, 0.15) is 5.56 Å². The van der Waals surface area contributed by atoms with E-state index in [9.17, 15) is 10.2 Å². The van der Waals surface area contributed by atoms with Crippen molar-refractivity contribution in [3.63, 3.8) is 0 Å². The monoisotopic (exact) mass is 337 g/mol. The number of benzene rings is 3. The predicted octanol–water partition coefficient (Wildman–Crippen LogP) is 3.89. The molecule has 0 saturated heterocycles. The number of phenols is 2. The summed E-state index contributed by atoms with van der Waals surface area (Å²) in [6.45, 7) is 0.454. The Kier molecular flexibility index (Phi) is 3.39. The molecule has 0 amide bonds. The first-order valence-electron chi connectivity index (χ1n) is 8.00. The van der Waals surface area contributed by atoms with Crippen LogP contribution in [0.4, 0.5) is 5.69 Å². The van der Waals surface area contributed by atoms with Gasteiger partial charge in [-0.15, -0.1) is 0 Å². The van der Waals surface area contributed by atoms with E-state index >= 15 is 0 Å². The van der Waals surface area contributed by atoms with Crippen molar-refractivity contribution in [2.75, 3.05) is 26.2 Å². The maximum atomic E-state index is 10.8. The first-order valence-corrected chi connectivity index (χ1v) is 8.00. The van der Waals surface area contributed by atoms with Crippen molar-refractivity contribution < 1.29 is 19.7 Å². The lowest BCUT2D eigenvalue weighted by atomic mass is 9.89. The Labute approximate surface area is 145 Å². The van der Waals surface area contributed by atoms with Gasteiger partial charge in [0.05, 0.1) is 19.9 Å². The third-order valence-corrected chi connectivity index (χ3v) is 4.82. The largest absolute Gasteiger partial charge is 0.504 e. The van der Waals surface area contributed by atoms with Gasteiger partial charge in [0.1, 0.15) is 0 Å². The highest BCUT2D eigenvalue weighted by Gasteiger charge is 2.32. The second-order valence-corrected chi connectivity index (χ2v) is 6.16. The summed E-state index contributed by atoms with van der Waals surface area (Å²) in [5.74, 6) is 0.272. The van der Waals surface area contributed by atoms with E-state index in [0.717, 1.165) is 22.0 Å². The number of rotatable bonds is 2. The average Bonchev–Trinajstić information content (AvgIpc) is 2.63. The molecule has 1 heterocycles. The molecule has 0 bridgehead atoms. The van der Waals surface area contributed by atoms with Gasteiger partial charge in [-0.05, 0) is 5.39 Å². The molecule has 0 fully saturated rings. The smallest absolute Gasteiger partial charge is 0.207 e. The summed E-state index contributed by atoms with van der Waals surface area (Å²) in [7, 11) is 4.86. The first kappa shape index (κ1) is 15.4. The lowest BCUT2D eigenvalue weighted by molar-refractivity contribution is 0.315. The van der Waals surface area contributed by atoms with E-state index in [2.05, 4.69) is 17.0 Å². The van der Waals surface area contributed by atoms with Crippen LogP contribution in [-0.2, 0) is 6.54 Å². The normalized spacial score (nSPS) is 12.7. The molecule has 0 spiro atoms. The fourth-order valence-corrected chi connectivity index (χ4v) is 3.73. The minimum Gasteiger partial charge on any atom is -0.504 e. The Morgan fingerprint density at radius 2 is 1.60 bits per heavy atom. The van der Waals surface area contributed by atoms with Crippen LogP contribution in [0.2, 0.25) is 0 Å². The number of ether oxygens (including phenoxy) is 2. The van der Waals surface area contributed by atoms with Gasteiger partial charge in [-0.2, -0.15) is 0 Å². The van der Waals surface area contributed by atoms with E-state index < -0.39 is 0 Å². The fraction of sp³-hybridized carbons (Fsp3) is 0.200. The number of phenolic OH excluding ortho intramolecular Hbond substituents is 2. The predicted molar refractivity (Wildman–Crippen MR) is 97.9 cm³/mol. The molecule has 0 unspecified atom stereocenters. The van der Waals surface area contributed by atoms with Crippen LogP contribution in [0.3, 0.4) is 0 Å². The summed E-state index contributed by atoms with van der Waals surface area (Å²) in [5.41, 5.74) is 3.10. The first-order chi connectivity index (χ1) is 12.1. The van der Waals surface area contributed by atoms with Gasteiger partial charge < -0.3 is 24.6 Å². The quantitative estimate of drug-likeness (QED) is 0.695. The van der Waals surface area contributed by atoms with Crippen molar-refractivity contribution in [3.8, 4) is 34.1 Å². The van der Waals surface area contributed by atoms with Crippen LogP contribution in [0.5, 0.6) is 23.0 Å². The number of aromatic hydroxyl groups is 2. The van der Waals surface area contributed by atoms with Crippen LogP contribution >= 0.6 is 0 Å². The Bertz CT molecular complexity index is 997. The van der Waals surface area contributed by atoms with E-state index in [-0.39, 0.29) is 23.0 Å². The highest BCUT2D eigenvalue weighted by Crippen LogP contribution is 2.56. The van der Waals surface area contributed by atoms with E-state index in [4.69, 9.17) is 9.47 Å². The zero-order chi connectivity index (χ0) is 17.7. The molecule has 5 nitrogen and oxygen atoms in total. The number of hydrogen-bond donors (Lipinski definition) is 2. The molecule has 0 atom stereocenters. The second kappa shape index (κ2) is 5.48. The van der Waals surface area contributed by atoms with E-state index in [1.54, 1.807) is 0 Å². The number of fused-ring (bicyclic) bond motifs is 5. The summed E-state index contributed by atoms with van der Waals surface area (Å²) in [6, 6.07) is 12.1. The number of hydrogen-bond acceptors (Lipinski definition) is 5. The van der Waals surface area contributed by atoms with Gasteiger partial charge in [0, 0.05) is 35.7 Å². The SMILES string of the molecule is COc1c(O)c2c(c(O)c1OC)-c1ccc3ccccc3c1N(C)C2. The van der Waals surface area contributed by atoms with Crippen LogP contribution < -0.4 is 14.4 Å². The molecule has 4 rings (SSSR count). The summed E-state index contributed by atoms with van der Waals surface area (Å²) in [6.07, 6.45) is 0. The van der Waals surface area contributed by atoms with Gasteiger partial charge in [0.2, 0.25) is 11.5 Å².